The fourth-order valence-electron chi connectivity index (χ4n) is 3.36. The van der Waals surface area contributed by atoms with Crippen LogP contribution in [0.2, 0.25) is 10.0 Å². The molecule has 0 fully saturated rings. The summed E-state index contributed by atoms with van der Waals surface area (Å²) in [5.41, 5.74) is 2.36. The largest absolute Gasteiger partial charge is 0.459 e. The van der Waals surface area contributed by atoms with E-state index in [0.29, 0.717) is 16.5 Å². The Labute approximate surface area is 186 Å². The van der Waals surface area contributed by atoms with Crippen molar-refractivity contribution in [1.29, 1.82) is 0 Å². The first-order valence-electron chi connectivity index (χ1n) is 9.20. The summed E-state index contributed by atoms with van der Waals surface area (Å²) in [4.78, 5) is 50.0. The highest BCUT2D eigenvalue weighted by Gasteiger charge is 2.37. The Morgan fingerprint density at radius 3 is 2.13 bits per heavy atom. The quantitative estimate of drug-likeness (QED) is 0.331. The number of rotatable bonds is 4. The molecule has 0 bridgehead atoms. The first-order valence-corrected chi connectivity index (χ1v) is 9.96. The Kier molecular flexibility index (Phi) is 5.33. The van der Waals surface area contributed by atoms with Crippen LogP contribution in [0.4, 0.5) is 0 Å². The molecule has 0 spiro atoms. The van der Waals surface area contributed by atoms with Gasteiger partial charge in [0.1, 0.15) is 18.7 Å². The summed E-state index contributed by atoms with van der Waals surface area (Å²) in [5, 5.41) is 0.901. The third-order valence-electron chi connectivity index (χ3n) is 5.13. The van der Waals surface area contributed by atoms with Crippen molar-refractivity contribution in [2.45, 2.75) is 20.5 Å². The van der Waals surface area contributed by atoms with Gasteiger partial charge in [-0.15, -0.1) is 0 Å². The first-order chi connectivity index (χ1) is 14.7. The number of carbonyl (C=O) groups excluding carboxylic acids is 3. The summed E-state index contributed by atoms with van der Waals surface area (Å²) in [6.45, 7) is 3.00. The van der Waals surface area contributed by atoms with E-state index in [4.69, 9.17) is 32.4 Å². The van der Waals surface area contributed by atoms with Crippen LogP contribution in [0.5, 0.6) is 0 Å². The van der Waals surface area contributed by atoms with Gasteiger partial charge in [0.15, 0.2) is 0 Å². The molecule has 3 aromatic rings. The molecule has 4 rings (SSSR count). The predicted octanol–water partition coefficient (Wildman–Crippen LogP) is 4.06. The van der Waals surface area contributed by atoms with Gasteiger partial charge < -0.3 is 9.15 Å². The predicted molar refractivity (Wildman–Crippen MR) is 114 cm³/mol. The molecule has 2 aromatic carbocycles. The summed E-state index contributed by atoms with van der Waals surface area (Å²) in [6.07, 6.45) is 0. The van der Waals surface area contributed by atoms with Gasteiger partial charge >= 0.3 is 11.6 Å². The van der Waals surface area contributed by atoms with Crippen LogP contribution in [0.25, 0.3) is 11.0 Å². The number of amides is 2. The maximum absolute atomic E-state index is 12.5. The van der Waals surface area contributed by atoms with Crippen molar-refractivity contribution in [3.05, 3.63) is 78.6 Å². The number of aryl methyl sites for hydroxylation is 2. The Morgan fingerprint density at radius 1 is 0.935 bits per heavy atom. The van der Waals surface area contributed by atoms with Gasteiger partial charge in [-0.1, -0.05) is 23.2 Å². The molecular weight excluding hydrogens is 445 g/mol. The highest BCUT2D eigenvalue weighted by Crippen LogP contribution is 2.31. The average molecular weight is 460 g/mol. The number of fused-ring (bicyclic) bond motifs is 2. The van der Waals surface area contributed by atoms with Gasteiger partial charge in [-0.05, 0) is 49.2 Å². The molecule has 0 saturated heterocycles. The lowest BCUT2D eigenvalue weighted by atomic mass is 10.0. The molecule has 158 valence electrons. The van der Waals surface area contributed by atoms with Crippen LogP contribution in [-0.4, -0.2) is 29.2 Å². The lowest BCUT2D eigenvalue weighted by molar-refractivity contribution is -0.145. The molecule has 2 amide bonds. The minimum atomic E-state index is -0.808. The highest BCUT2D eigenvalue weighted by atomic mass is 35.5. The van der Waals surface area contributed by atoms with Gasteiger partial charge in [-0.25, -0.2) is 4.79 Å². The molecule has 31 heavy (non-hydrogen) atoms. The molecule has 0 atom stereocenters. The van der Waals surface area contributed by atoms with Gasteiger partial charge in [0.2, 0.25) is 0 Å². The second-order valence-electron chi connectivity index (χ2n) is 7.19. The SMILES string of the molecule is Cc1cc2oc(=O)cc(COC(=O)CN3C(=O)c4cc(Cl)c(Cl)cc4C3=O)c2cc1C. The fraction of sp³-hybridized carbons (Fsp3) is 0.182. The lowest BCUT2D eigenvalue weighted by Gasteiger charge is -2.13. The standard InChI is InChI=1S/C22H15Cl2NO6/c1-10-3-13-12(5-19(26)31-18(13)4-11(10)2)9-30-20(27)8-25-21(28)14-6-16(23)17(24)7-15(14)22(25)29/h3-7H,8-9H2,1-2H3. The molecule has 1 aliphatic heterocycles. The van der Waals surface area contributed by atoms with Crippen LogP contribution in [0.1, 0.15) is 37.4 Å². The van der Waals surface area contributed by atoms with Gasteiger partial charge in [0.05, 0.1) is 21.2 Å². The summed E-state index contributed by atoms with van der Waals surface area (Å²) in [5.74, 6) is -2.13. The number of esters is 1. The van der Waals surface area contributed by atoms with E-state index < -0.39 is 30.0 Å². The van der Waals surface area contributed by atoms with Gasteiger partial charge in [0, 0.05) is 17.0 Å². The second-order valence-corrected chi connectivity index (χ2v) is 8.01. The van der Waals surface area contributed by atoms with Crippen molar-refractivity contribution >= 4 is 52.0 Å². The van der Waals surface area contributed by atoms with Crippen molar-refractivity contribution < 1.29 is 23.5 Å². The molecule has 0 aliphatic carbocycles. The second kappa shape index (κ2) is 7.83. The number of hydrogen-bond donors (Lipinski definition) is 0. The summed E-state index contributed by atoms with van der Waals surface area (Å²) in [6, 6.07) is 7.42. The molecule has 1 aliphatic rings. The van der Waals surface area contributed by atoms with Gasteiger partial charge in [0.25, 0.3) is 11.8 Å². The van der Waals surface area contributed by atoms with E-state index >= 15 is 0 Å². The zero-order chi connectivity index (χ0) is 22.4. The van der Waals surface area contributed by atoms with Crippen molar-refractivity contribution in [3.63, 3.8) is 0 Å². The maximum Gasteiger partial charge on any atom is 0.336 e. The van der Waals surface area contributed by atoms with E-state index in [1.54, 1.807) is 6.07 Å². The Hall–Kier alpha value is -3.16. The van der Waals surface area contributed by atoms with E-state index in [9.17, 15) is 19.2 Å². The molecule has 0 N–H and O–H groups in total. The number of benzene rings is 2. The first kappa shape index (κ1) is 21.1. The average Bonchev–Trinajstić information content (AvgIpc) is 2.92. The lowest BCUT2D eigenvalue weighted by Crippen LogP contribution is -2.35. The van der Waals surface area contributed by atoms with Crippen molar-refractivity contribution in [2.75, 3.05) is 6.54 Å². The Morgan fingerprint density at radius 2 is 1.52 bits per heavy atom. The van der Waals surface area contributed by atoms with E-state index in [2.05, 4.69) is 0 Å². The van der Waals surface area contributed by atoms with Gasteiger partial charge in [-0.2, -0.15) is 0 Å². The molecule has 0 radical (unpaired) electrons. The number of ether oxygens (including phenoxy) is 1. The highest BCUT2D eigenvalue weighted by molar-refractivity contribution is 6.43. The molecule has 0 saturated carbocycles. The molecule has 0 unspecified atom stereocenters. The number of imide groups is 1. The summed E-state index contributed by atoms with van der Waals surface area (Å²) >= 11 is 11.8. The monoisotopic (exact) mass is 459 g/mol. The van der Waals surface area contributed by atoms with Crippen LogP contribution >= 0.6 is 23.2 Å². The van der Waals surface area contributed by atoms with E-state index in [1.807, 2.05) is 19.9 Å². The van der Waals surface area contributed by atoms with Crippen molar-refractivity contribution in [1.82, 2.24) is 4.90 Å². The zero-order valence-corrected chi connectivity index (χ0v) is 18.0. The molecule has 9 heteroatoms. The van der Waals surface area contributed by atoms with Crippen LogP contribution in [-0.2, 0) is 16.1 Å². The summed E-state index contributed by atoms with van der Waals surface area (Å²) < 4.78 is 10.5. The van der Waals surface area contributed by atoms with Crippen LogP contribution in [0.3, 0.4) is 0 Å². The van der Waals surface area contributed by atoms with Crippen LogP contribution in [0, 0.1) is 13.8 Å². The third-order valence-corrected chi connectivity index (χ3v) is 5.85. The minimum absolute atomic E-state index is 0.0738. The van der Waals surface area contributed by atoms with Gasteiger partial charge in [-0.3, -0.25) is 19.3 Å². The molecular formula is C22H15Cl2NO6. The summed E-state index contributed by atoms with van der Waals surface area (Å²) in [7, 11) is 0. The molecule has 7 nitrogen and oxygen atoms in total. The maximum atomic E-state index is 12.5. The normalized spacial score (nSPS) is 13.1. The number of hydrogen-bond acceptors (Lipinski definition) is 6. The minimum Gasteiger partial charge on any atom is -0.459 e. The number of nitrogens with zero attached hydrogens (tertiary/aromatic N) is 1. The topological polar surface area (TPSA) is 93.9 Å². The Balaban J connectivity index is 1.52. The van der Waals surface area contributed by atoms with E-state index in [-0.39, 0.29) is 27.8 Å². The number of halogens is 2. The zero-order valence-electron chi connectivity index (χ0n) is 16.5. The molecule has 2 heterocycles. The van der Waals surface area contributed by atoms with Crippen molar-refractivity contribution in [2.24, 2.45) is 0 Å². The fourth-order valence-corrected chi connectivity index (χ4v) is 3.69. The smallest absolute Gasteiger partial charge is 0.336 e. The van der Waals surface area contributed by atoms with Crippen LogP contribution < -0.4 is 5.63 Å². The van der Waals surface area contributed by atoms with Crippen LogP contribution in [0.15, 0.2) is 39.5 Å². The van der Waals surface area contributed by atoms with E-state index in [0.717, 1.165) is 16.0 Å². The third kappa shape index (κ3) is 3.82. The Bertz CT molecular complexity index is 1300. The van der Waals surface area contributed by atoms with E-state index in [1.165, 1.54) is 18.2 Å². The number of carbonyl (C=O) groups is 3. The van der Waals surface area contributed by atoms with Crippen molar-refractivity contribution in [3.8, 4) is 0 Å². The molecule has 1 aromatic heterocycles.